The van der Waals surface area contributed by atoms with Gasteiger partial charge in [-0.3, -0.25) is 9.69 Å². The normalized spacial score (nSPS) is 26.9. The summed E-state index contributed by atoms with van der Waals surface area (Å²) < 4.78 is 0. The van der Waals surface area contributed by atoms with Crippen LogP contribution in [-0.2, 0) is 4.79 Å². The van der Waals surface area contributed by atoms with Crippen LogP contribution in [0, 0.1) is 0 Å². The maximum Gasteiger partial charge on any atom is 0.149 e. The van der Waals surface area contributed by atoms with E-state index < -0.39 is 0 Å². The first-order chi connectivity index (χ1) is 5.25. The maximum absolute atomic E-state index is 11.3. The van der Waals surface area contributed by atoms with Gasteiger partial charge in [0.1, 0.15) is 5.78 Å². The van der Waals surface area contributed by atoms with Crippen LogP contribution in [0.15, 0.2) is 0 Å². The van der Waals surface area contributed by atoms with Crippen LogP contribution in [0.1, 0.15) is 32.6 Å². The molecule has 0 amide bonds. The van der Waals surface area contributed by atoms with Gasteiger partial charge >= 0.3 is 0 Å². The fourth-order valence-corrected chi connectivity index (χ4v) is 1.72. The Bertz CT molecular complexity index is 144. The van der Waals surface area contributed by atoms with Crippen LogP contribution in [0.2, 0.25) is 0 Å². The van der Waals surface area contributed by atoms with Crippen molar-refractivity contribution in [3.05, 3.63) is 0 Å². The number of Topliss-reactive ketones (excluding diaryl/α,β-unsaturated/α-hetero) is 1. The zero-order chi connectivity index (χ0) is 8.27. The zero-order valence-electron chi connectivity index (χ0n) is 7.47. The maximum atomic E-state index is 11.3. The van der Waals surface area contributed by atoms with Gasteiger partial charge in [-0.15, -0.1) is 0 Å². The largest absolute Gasteiger partial charge is 0.298 e. The van der Waals surface area contributed by atoms with E-state index in [2.05, 4.69) is 11.9 Å². The summed E-state index contributed by atoms with van der Waals surface area (Å²) in [6.07, 6.45) is 4.24. The molecule has 1 fully saturated rings. The van der Waals surface area contributed by atoms with Crippen molar-refractivity contribution in [3.63, 3.8) is 0 Å². The number of carbonyl (C=O) groups excluding carboxylic acids is 1. The van der Waals surface area contributed by atoms with Gasteiger partial charge in [0.2, 0.25) is 0 Å². The molecule has 2 nitrogen and oxygen atoms in total. The zero-order valence-corrected chi connectivity index (χ0v) is 7.47. The van der Waals surface area contributed by atoms with Gasteiger partial charge in [0, 0.05) is 6.42 Å². The first-order valence-electron chi connectivity index (χ1n) is 4.48. The Balaban J connectivity index is 2.47. The van der Waals surface area contributed by atoms with Gasteiger partial charge in [-0.05, 0) is 26.4 Å². The molecule has 0 N–H and O–H groups in total. The lowest BCUT2D eigenvalue weighted by atomic mass is 9.98. The van der Waals surface area contributed by atoms with Crippen LogP contribution >= 0.6 is 0 Å². The van der Waals surface area contributed by atoms with Crippen molar-refractivity contribution in [3.8, 4) is 0 Å². The van der Waals surface area contributed by atoms with Crippen molar-refractivity contribution < 1.29 is 4.79 Å². The second-order valence-corrected chi connectivity index (χ2v) is 3.31. The summed E-state index contributed by atoms with van der Waals surface area (Å²) in [4.78, 5) is 13.5. The third-order valence-electron chi connectivity index (χ3n) is 2.49. The lowest BCUT2D eigenvalue weighted by molar-refractivity contribution is -0.124. The van der Waals surface area contributed by atoms with E-state index in [-0.39, 0.29) is 6.04 Å². The summed E-state index contributed by atoms with van der Waals surface area (Å²) in [6.45, 7) is 3.04. The molecule has 2 heteroatoms. The van der Waals surface area contributed by atoms with E-state index in [1.807, 2.05) is 6.92 Å². The minimum atomic E-state index is 0.230. The fraction of sp³-hybridized carbons (Fsp3) is 0.889. The summed E-state index contributed by atoms with van der Waals surface area (Å²) in [5.74, 6) is 0.409. The van der Waals surface area contributed by atoms with Crippen LogP contribution < -0.4 is 0 Å². The predicted molar refractivity (Wildman–Crippen MR) is 45.6 cm³/mol. The highest BCUT2D eigenvalue weighted by molar-refractivity contribution is 5.83. The van der Waals surface area contributed by atoms with E-state index >= 15 is 0 Å². The highest BCUT2D eigenvalue weighted by Gasteiger charge is 2.23. The molecule has 0 aromatic carbocycles. The molecule has 0 spiro atoms. The lowest BCUT2D eigenvalue weighted by Gasteiger charge is -2.30. The Morgan fingerprint density at radius 2 is 2.27 bits per heavy atom. The van der Waals surface area contributed by atoms with Gasteiger partial charge in [-0.25, -0.2) is 0 Å². The van der Waals surface area contributed by atoms with Gasteiger partial charge in [0.15, 0.2) is 0 Å². The molecule has 64 valence electrons. The quantitative estimate of drug-likeness (QED) is 0.601. The molecule has 0 bridgehead atoms. The Hall–Kier alpha value is -0.370. The van der Waals surface area contributed by atoms with E-state index in [0.29, 0.717) is 12.2 Å². The number of likely N-dealkylation sites (tertiary alicyclic amines) is 1. The van der Waals surface area contributed by atoms with E-state index in [9.17, 15) is 4.79 Å². The summed E-state index contributed by atoms with van der Waals surface area (Å²) in [5.41, 5.74) is 0. The van der Waals surface area contributed by atoms with E-state index in [4.69, 9.17) is 0 Å². The molecular formula is C9H17NO. The second kappa shape index (κ2) is 3.86. The molecule has 1 unspecified atom stereocenters. The number of carbonyl (C=O) groups is 1. The van der Waals surface area contributed by atoms with Crippen LogP contribution in [0.3, 0.4) is 0 Å². The van der Waals surface area contributed by atoms with Crippen molar-refractivity contribution in [2.45, 2.75) is 38.6 Å². The molecule has 1 heterocycles. The number of hydrogen-bond donors (Lipinski definition) is 0. The molecular weight excluding hydrogens is 138 g/mol. The van der Waals surface area contributed by atoms with E-state index in [1.165, 1.54) is 12.8 Å². The van der Waals surface area contributed by atoms with Crippen LogP contribution in [-0.4, -0.2) is 30.3 Å². The average molecular weight is 155 g/mol. The van der Waals surface area contributed by atoms with Crippen LogP contribution in [0.5, 0.6) is 0 Å². The number of hydrogen-bond acceptors (Lipinski definition) is 2. The molecule has 1 saturated heterocycles. The molecule has 1 aliphatic heterocycles. The summed E-state index contributed by atoms with van der Waals surface area (Å²) in [7, 11) is 2.05. The lowest BCUT2D eigenvalue weighted by Crippen LogP contribution is -2.41. The SMILES string of the molecule is CCC(=O)C1CCCCN1C. The van der Waals surface area contributed by atoms with E-state index in [0.717, 1.165) is 13.0 Å². The topological polar surface area (TPSA) is 20.3 Å². The van der Waals surface area contributed by atoms with E-state index in [1.54, 1.807) is 0 Å². The number of nitrogens with zero attached hydrogens (tertiary/aromatic N) is 1. The van der Waals surface area contributed by atoms with Crippen molar-refractivity contribution in [1.82, 2.24) is 4.90 Å². The first-order valence-corrected chi connectivity index (χ1v) is 4.48. The number of likely N-dealkylation sites (N-methyl/N-ethyl adjacent to an activating group) is 1. The molecule has 0 saturated carbocycles. The monoisotopic (exact) mass is 155 g/mol. The van der Waals surface area contributed by atoms with Crippen molar-refractivity contribution in [1.29, 1.82) is 0 Å². The molecule has 0 radical (unpaired) electrons. The van der Waals surface area contributed by atoms with Gasteiger partial charge in [-0.1, -0.05) is 13.3 Å². The molecule has 1 aliphatic rings. The van der Waals surface area contributed by atoms with Gasteiger partial charge in [0.05, 0.1) is 6.04 Å². The third-order valence-corrected chi connectivity index (χ3v) is 2.49. The van der Waals surface area contributed by atoms with Gasteiger partial charge in [-0.2, -0.15) is 0 Å². The second-order valence-electron chi connectivity index (χ2n) is 3.31. The first kappa shape index (κ1) is 8.72. The fourth-order valence-electron chi connectivity index (χ4n) is 1.72. The molecule has 1 atom stereocenters. The van der Waals surface area contributed by atoms with Crippen molar-refractivity contribution in [2.24, 2.45) is 0 Å². The Kier molecular flexibility index (Phi) is 3.06. The molecule has 0 aliphatic carbocycles. The summed E-state index contributed by atoms with van der Waals surface area (Å²) in [5, 5.41) is 0. The minimum absolute atomic E-state index is 0.230. The molecule has 0 aromatic heterocycles. The summed E-state index contributed by atoms with van der Waals surface area (Å²) in [6, 6.07) is 0.230. The molecule has 1 rings (SSSR count). The smallest absolute Gasteiger partial charge is 0.149 e. The Morgan fingerprint density at radius 1 is 1.55 bits per heavy atom. The Morgan fingerprint density at radius 3 is 2.82 bits per heavy atom. The van der Waals surface area contributed by atoms with Crippen molar-refractivity contribution >= 4 is 5.78 Å². The molecule has 0 aromatic rings. The van der Waals surface area contributed by atoms with Gasteiger partial charge < -0.3 is 0 Å². The van der Waals surface area contributed by atoms with Crippen LogP contribution in [0.4, 0.5) is 0 Å². The summed E-state index contributed by atoms with van der Waals surface area (Å²) >= 11 is 0. The predicted octanol–water partition coefficient (Wildman–Crippen LogP) is 1.45. The highest BCUT2D eigenvalue weighted by Crippen LogP contribution is 2.16. The van der Waals surface area contributed by atoms with Crippen molar-refractivity contribution in [2.75, 3.05) is 13.6 Å². The Labute approximate surface area is 68.6 Å². The van der Waals surface area contributed by atoms with Gasteiger partial charge in [0.25, 0.3) is 0 Å². The average Bonchev–Trinajstić information content (AvgIpc) is 2.04. The molecule has 11 heavy (non-hydrogen) atoms. The third kappa shape index (κ3) is 2.03. The number of rotatable bonds is 2. The highest BCUT2D eigenvalue weighted by atomic mass is 16.1. The van der Waals surface area contributed by atoms with Crippen LogP contribution in [0.25, 0.3) is 0 Å². The number of ketones is 1. The number of piperidine rings is 1. The minimum Gasteiger partial charge on any atom is -0.298 e. The standard InChI is InChI=1S/C9H17NO/c1-3-9(11)8-6-4-5-7-10(8)2/h8H,3-7H2,1-2H3.